The van der Waals surface area contributed by atoms with Crippen LogP contribution >= 0.6 is 0 Å². The van der Waals surface area contributed by atoms with Gasteiger partial charge in [0, 0.05) is 50.1 Å². The third-order valence-corrected chi connectivity index (χ3v) is 9.22. The second-order valence-corrected chi connectivity index (χ2v) is 12.3. The number of rotatable bonds is 6. The first-order valence-corrected chi connectivity index (χ1v) is 16.7. The van der Waals surface area contributed by atoms with Gasteiger partial charge in [-0.1, -0.05) is 109 Å². The highest BCUT2D eigenvalue weighted by atomic mass is 16.5. The van der Waals surface area contributed by atoms with Crippen LogP contribution in [0.15, 0.2) is 168 Å². The smallest absolute Gasteiger partial charge is 0.326 e. The lowest BCUT2D eigenvalue weighted by Gasteiger charge is -2.09. The normalized spacial score (nSPS) is 11.5. The maximum atomic E-state index is 6.52. The van der Waals surface area contributed by atoms with E-state index in [1.54, 1.807) is 0 Å². The van der Waals surface area contributed by atoms with Gasteiger partial charge in [0.1, 0.15) is 17.0 Å². The molecule has 7 nitrogen and oxygen atoms in total. The van der Waals surface area contributed by atoms with Crippen molar-refractivity contribution in [3.8, 4) is 51.5 Å². The maximum Gasteiger partial charge on any atom is 0.326 e. The number of nitrogens with zero attached hydrogens (tertiary/aromatic N) is 5. The summed E-state index contributed by atoms with van der Waals surface area (Å²) in [6.07, 6.45) is 1.85. The molecule has 10 rings (SSSR count). The summed E-state index contributed by atoms with van der Waals surface area (Å²) < 4.78 is 14.9. The summed E-state index contributed by atoms with van der Waals surface area (Å²) in [7, 11) is 0. The third-order valence-electron chi connectivity index (χ3n) is 9.22. The molecule has 4 heterocycles. The third kappa shape index (κ3) is 4.99. The van der Waals surface area contributed by atoms with Gasteiger partial charge >= 0.3 is 6.01 Å². The molecule has 0 spiro atoms. The molecule has 0 aliphatic rings. The highest BCUT2D eigenvalue weighted by molar-refractivity contribution is 6.11. The van der Waals surface area contributed by atoms with Crippen molar-refractivity contribution in [1.82, 2.24) is 24.5 Å². The summed E-state index contributed by atoms with van der Waals surface area (Å²) in [4.78, 5) is 18.9. The number of hydrogen-bond acceptors (Lipinski definition) is 6. The average Bonchev–Trinajstić information content (AvgIpc) is 3.74. The van der Waals surface area contributed by atoms with E-state index in [0.29, 0.717) is 17.4 Å². The summed E-state index contributed by atoms with van der Waals surface area (Å²) in [5.74, 6) is 1.69. The molecule has 0 unspecified atom stereocenters. The van der Waals surface area contributed by atoms with E-state index >= 15 is 0 Å². The Labute approximate surface area is 292 Å². The van der Waals surface area contributed by atoms with Crippen LogP contribution in [0.5, 0.6) is 11.8 Å². The van der Waals surface area contributed by atoms with E-state index < -0.39 is 0 Å². The molecule has 4 aromatic heterocycles. The minimum absolute atomic E-state index is 0.225. The zero-order valence-electron chi connectivity index (χ0n) is 27.1. The molecule has 0 atom stereocenters. The largest absolute Gasteiger partial charge is 0.454 e. The Morgan fingerprint density at radius 3 is 1.80 bits per heavy atom. The quantitative estimate of drug-likeness (QED) is 0.177. The van der Waals surface area contributed by atoms with Crippen molar-refractivity contribution in [2.24, 2.45) is 0 Å². The maximum absolute atomic E-state index is 6.52. The van der Waals surface area contributed by atoms with Crippen LogP contribution in [0.1, 0.15) is 0 Å². The second-order valence-electron chi connectivity index (χ2n) is 12.3. The summed E-state index contributed by atoms with van der Waals surface area (Å²) in [6.45, 7) is 0. The standard InChI is InChI=1S/C44H27N5O2/c1-3-11-29(12-4-1)42-46-43(48-44(47-42)50-32-13-5-2-6-14-32)30-21-19-28(20-22-30)40-41-35(25-26-45-40)36-27-31(23-24-39(36)51-41)49-37-17-9-7-15-33(37)34-16-8-10-18-38(34)49/h1-27H. The van der Waals surface area contributed by atoms with Crippen molar-refractivity contribution in [2.45, 2.75) is 0 Å². The fraction of sp³-hybridized carbons (Fsp3) is 0. The van der Waals surface area contributed by atoms with E-state index in [1.165, 1.54) is 21.8 Å². The van der Waals surface area contributed by atoms with Gasteiger partial charge in [0.05, 0.1) is 11.0 Å². The van der Waals surface area contributed by atoms with Crippen LogP contribution in [0.25, 0.3) is 83.5 Å². The molecular formula is C44H27N5O2. The van der Waals surface area contributed by atoms with Crippen molar-refractivity contribution >= 4 is 43.7 Å². The fourth-order valence-corrected chi connectivity index (χ4v) is 6.86. The van der Waals surface area contributed by atoms with Crippen LogP contribution in [-0.4, -0.2) is 24.5 Å². The molecule has 0 N–H and O–H groups in total. The number of ether oxygens (including phenoxy) is 1. The summed E-state index contributed by atoms with van der Waals surface area (Å²) in [6, 6.07) is 53.1. The number of furan rings is 1. The number of benzene rings is 6. The first-order valence-electron chi connectivity index (χ1n) is 16.7. The first kappa shape index (κ1) is 28.9. The Morgan fingerprint density at radius 2 is 1.10 bits per heavy atom. The molecule has 0 fully saturated rings. The average molecular weight is 658 g/mol. The van der Waals surface area contributed by atoms with E-state index in [4.69, 9.17) is 24.1 Å². The Bertz CT molecular complexity index is 2830. The minimum Gasteiger partial charge on any atom is -0.454 e. The van der Waals surface area contributed by atoms with Crippen LogP contribution in [0.3, 0.4) is 0 Å². The molecule has 240 valence electrons. The van der Waals surface area contributed by atoms with Crippen LogP contribution in [0.2, 0.25) is 0 Å². The van der Waals surface area contributed by atoms with Crippen LogP contribution in [0.4, 0.5) is 0 Å². The number of aromatic nitrogens is 5. The zero-order chi connectivity index (χ0) is 33.7. The van der Waals surface area contributed by atoms with E-state index in [1.807, 2.05) is 97.2 Å². The van der Waals surface area contributed by atoms with Gasteiger partial charge < -0.3 is 13.7 Å². The summed E-state index contributed by atoms with van der Waals surface area (Å²) in [5.41, 5.74) is 8.35. The van der Waals surface area contributed by atoms with Gasteiger partial charge in [0.15, 0.2) is 17.2 Å². The molecule has 0 aliphatic carbocycles. The van der Waals surface area contributed by atoms with E-state index in [0.717, 1.165) is 50.0 Å². The molecule has 0 saturated carbocycles. The Balaban J connectivity index is 1.04. The molecule has 6 aromatic carbocycles. The Morgan fingerprint density at radius 1 is 0.490 bits per heavy atom. The molecule has 0 amide bonds. The van der Waals surface area contributed by atoms with E-state index in [2.05, 4.69) is 76.3 Å². The van der Waals surface area contributed by atoms with Crippen molar-refractivity contribution in [3.63, 3.8) is 0 Å². The number of hydrogen-bond donors (Lipinski definition) is 0. The molecule has 7 heteroatoms. The van der Waals surface area contributed by atoms with E-state index in [-0.39, 0.29) is 6.01 Å². The summed E-state index contributed by atoms with van der Waals surface area (Å²) in [5, 5.41) is 4.51. The lowest BCUT2D eigenvalue weighted by molar-refractivity contribution is 0.441. The zero-order valence-corrected chi connectivity index (χ0v) is 27.1. The highest BCUT2D eigenvalue weighted by Gasteiger charge is 2.18. The topological polar surface area (TPSA) is 78.9 Å². The highest BCUT2D eigenvalue weighted by Crippen LogP contribution is 2.38. The lowest BCUT2D eigenvalue weighted by atomic mass is 10.1. The SMILES string of the molecule is c1ccc(Oc2nc(-c3ccccc3)nc(-c3ccc(-c4nccc5c4oc4ccc(-n6c7ccccc7c7ccccc76)cc45)cc3)n2)cc1. The Kier molecular flexibility index (Phi) is 6.67. The van der Waals surface area contributed by atoms with Gasteiger partial charge in [-0.3, -0.25) is 4.98 Å². The van der Waals surface area contributed by atoms with Crippen molar-refractivity contribution in [1.29, 1.82) is 0 Å². The van der Waals surface area contributed by atoms with Gasteiger partial charge in [0.25, 0.3) is 0 Å². The Hall–Kier alpha value is -7.12. The van der Waals surface area contributed by atoms with Gasteiger partial charge in [-0.05, 0) is 48.5 Å². The summed E-state index contributed by atoms with van der Waals surface area (Å²) >= 11 is 0. The predicted octanol–water partition coefficient (Wildman–Crippen LogP) is 11.1. The van der Waals surface area contributed by atoms with Crippen molar-refractivity contribution in [2.75, 3.05) is 0 Å². The van der Waals surface area contributed by atoms with Gasteiger partial charge in [0.2, 0.25) is 0 Å². The number of fused-ring (bicyclic) bond motifs is 6. The molecular weight excluding hydrogens is 631 g/mol. The van der Waals surface area contributed by atoms with Crippen LogP contribution in [0, 0.1) is 0 Å². The number of pyridine rings is 1. The van der Waals surface area contributed by atoms with Crippen LogP contribution < -0.4 is 4.74 Å². The molecule has 0 radical (unpaired) electrons. The molecule has 0 aliphatic heterocycles. The molecule has 10 aromatic rings. The molecule has 0 saturated heterocycles. The second kappa shape index (κ2) is 11.8. The monoisotopic (exact) mass is 657 g/mol. The minimum atomic E-state index is 0.225. The van der Waals surface area contributed by atoms with Gasteiger partial charge in [-0.25, -0.2) is 4.98 Å². The van der Waals surface area contributed by atoms with Crippen LogP contribution in [-0.2, 0) is 0 Å². The molecule has 0 bridgehead atoms. The lowest BCUT2D eigenvalue weighted by Crippen LogP contribution is -2.00. The van der Waals surface area contributed by atoms with Gasteiger partial charge in [-0.2, -0.15) is 9.97 Å². The number of para-hydroxylation sites is 3. The van der Waals surface area contributed by atoms with E-state index in [9.17, 15) is 0 Å². The van der Waals surface area contributed by atoms with Gasteiger partial charge in [-0.15, -0.1) is 0 Å². The predicted molar refractivity (Wildman–Crippen MR) is 202 cm³/mol. The molecule has 51 heavy (non-hydrogen) atoms. The fourth-order valence-electron chi connectivity index (χ4n) is 6.86. The van der Waals surface area contributed by atoms with Crippen molar-refractivity contribution in [3.05, 3.63) is 164 Å². The van der Waals surface area contributed by atoms with Crippen molar-refractivity contribution < 1.29 is 9.15 Å². The first-order chi connectivity index (χ1) is 25.3.